The molecule has 0 bridgehead atoms. The van der Waals surface area contributed by atoms with E-state index in [0.717, 1.165) is 22.4 Å². The first kappa shape index (κ1) is 22.7. The number of anilines is 1. The fraction of sp³-hybridized carbons (Fsp3) is 0.269. The SMILES string of the molecule is CO[C@@H](C(=O)N1CCN(c2ccc(C)cc2Cl)[C@H](c2ccc(Cl)cc2)C1)c1ccccc1. The van der Waals surface area contributed by atoms with Crippen LogP contribution in [0.4, 0.5) is 5.69 Å². The number of hydrogen-bond donors (Lipinski definition) is 0. The highest BCUT2D eigenvalue weighted by molar-refractivity contribution is 6.33. The van der Waals surface area contributed by atoms with Crippen LogP contribution in [0.1, 0.15) is 28.8 Å². The molecule has 6 heteroatoms. The molecule has 0 spiro atoms. The van der Waals surface area contributed by atoms with Gasteiger partial charge in [0, 0.05) is 31.8 Å². The van der Waals surface area contributed by atoms with Gasteiger partial charge in [-0.3, -0.25) is 4.79 Å². The van der Waals surface area contributed by atoms with Crippen LogP contribution in [-0.2, 0) is 9.53 Å². The first-order valence-corrected chi connectivity index (χ1v) is 11.4. The zero-order valence-electron chi connectivity index (χ0n) is 18.2. The van der Waals surface area contributed by atoms with Crippen molar-refractivity contribution in [2.75, 3.05) is 31.6 Å². The van der Waals surface area contributed by atoms with Gasteiger partial charge in [0.1, 0.15) is 0 Å². The van der Waals surface area contributed by atoms with Crippen LogP contribution in [0.15, 0.2) is 72.8 Å². The second kappa shape index (κ2) is 9.95. The van der Waals surface area contributed by atoms with Crippen molar-refractivity contribution in [2.24, 2.45) is 0 Å². The van der Waals surface area contributed by atoms with Crippen LogP contribution in [0, 0.1) is 6.92 Å². The van der Waals surface area contributed by atoms with E-state index in [1.54, 1.807) is 7.11 Å². The quantitative estimate of drug-likeness (QED) is 0.454. The molecular formula is C26H26Cl2N2O2. The van der Waals surface area contributed by atoms with Crippen LogP contribution in [0.25, 0.3) is 0 Å². The Morgan fingerprint density at radius 3 is 2.38 bits per heavy atom. The van der Waals surface area contributed by atoms with E-state index in [9.17, 15) is 4.79 Å². The molecule has 1 heterocycles. The Labute approximate surface area is 199 Å². The summed E-state index contributed by atoms with van der Waals surface area (Å²) >= 11 is 12.8. The number of ether oxygens (including phenoxy) is 1. The topological polar surface area (TPSA) is 32.8 Å². The predicted molar refractivity (Wildman–Crippen MR) is 130 cm³/mol. The number of piperazine rings is 1. The number of hydrogen-bond acceptors (Lipinski definition) is 3. The Morgan fingerprint density at radius 1 is 1.00 bits per heavy atom. The summed E-state index contributed by atoms with van der Waals surface area (Å²) in [5.74, 6) is -0.0349. The summed E-state index contributed by atoms with van der Waals surface area (Å²) in [7, 11) is 1.58. The Kier molecular flexibility index (Phi) is 7.04. The highest BCUT2D eigenvalue weighted by Crippen LogP contribution is 2.36. The van der Waals surface area contributed by atoms with Gasteiger partial charge in [-0.25, -0.2) is 0 Å². The predicted octanol–water partition coefficient (Wildman–Crippen LogP) is 6.08. The minimum absolute atomic E-state index is 0.0349. The number of halogens is 2. The molecule has 2 atom stereocenters. The van der Waals surface area contributed by atoms with Gasteiger partial charge in [-0.05, 0) is 47.9 Å². The molecule has 0 saturated carbocycles. The van der Waals surface area contributed by atoms with E-state index in [4.69, 9.17) is 27.9 Å². The van der Waals surface area contributed by atoms with Crippen molar-refractivity contribution in [1.82, 2.24) is 4.90 Å². The number of aryl methyl sites for hydroxylation is 1. The lowest BCUT2D eigenvalue weighted by molar-refractivity contribution is -0.143. The molecular weight excluding hydrogens is 443 g/mol. The first-order valence-electron chi connectivity index (χ1n) is 10.6. The lowest BCUT2D eigenvalue weighted by atomic mass is 9.99. The van der Waals surface area contributed by atoms with Gasteiger partial charge < -0.3 is 14.5 Å². The van der Waals surface area contributed by atoms with Crippen LogP contribution < -0.4 is 4.90 Å². The number of carbonyl (C=O) groups is 1. The average molecular weight is 469 g/mol. The number of benzene rings is 3. The first-order chi connectivity index (χ1) is 15.5. The fourth-order valence-electron chi connectivity index (χ4n) is 4.26. The third-order valence-electron chi connectivity index (χ3n) is 5.92. The third-order valence-corrected chi connectivity index (χ3v) is 6.48. The zero-order valence-corrected chi connectivity index (χ0v) is 19.7. The summed E-state index contributed by atoms with van der Waals surface area (Å²) in [5.41, 5.74) is 4.02. The van der Waals surface area contributed by atoms with E-state index in [-0.39, 0.29) is 11.9 Å². The van der Waals surface area contributed by atoms with E-state index in [0.29, 0.717) is 29.7 Å². The fourth-order valence-corrected chi connectivity index (χ4v) is 4.73. The molecule has 0 aliphatic carbocycles. The number of carbonyl (C=O) groups excluding carboxylic acids is 1. The summed E-state index contributed by atoms with van der Waals surface area (Å²) in [6.45, 7) is 3.79. The van der Waals surface area contributed by atoms with E-state index < -0.39 is 6.10 Å². The smallest absolute Gasteiger partial charge is 0.256 e. The number of rotatable bonds is 5. The van der Waals surface area contributed by atoms with Gasteiger partial charge in [-0.2, -0.15) is 0 Å². The molecule has 3 aromatic rings. The molecule has 166 valence electrons. The van der Waals surface area contributed by atoms with Crippen molar-refractivity contribution < 1.29 is 9.53 Å². The lowest BCUT2D eigenvalue weighted by Crippen LogP contribution is -2.52. The zero-order chi connectivity index (χ0) is 22.7. The summed E-state index contributed by atoms with van der Waals surface area (Å²) in [6, 6.07) is 23.4. The number of nitrogens with zero attached hydrogens (tertiary/aromatic N) is 2. The van der Waals surface area contributed by atoms with Gasteiger partial charge in [-0.1, -0.05) is 71.7 Å². The van der Waals surface area contributed by atoms with Gasteiger partial charge in [-0.15, -0.1) is 0 Å². The Hall–Kier alpha value is -2.53. The monoisotopic (exact) mass is 468 g/mol. The summed E-state index contributed by atoms with van der Waals surface area (Å²) in [5, 5.41) is 1.39. The van der Waals surface area contributed by atoms with Gasteiger partial charge in [0.2, 0.25) is 0 Å². The molecule has 0 radical (unpaired) electrons. The second-order valence-corrected chi connectivity index (χ2v) is 8.87. The van der Waals surface area contributed by atoms with E-state index in [1.807, 2.05) is 72.5 Å². The molecule has 1 aliphatic heterocycles. The molecule has 3 aromatic carbocycles. The average Bonchev–Trinajstić information content (AvgIpc) is 2.80. The standard InChI is InChI=1S/C26H26Cl2N2O2/c1-18-8-13-23(22(28)16-18)30-15-14-29(17-24(30)19-9-11-21(27)12-10-19)26(31)25(32-2)20-6-4-3-5-7-20/h3-13,16,24-25H,14-15,17H2,1-2H3/t24-,25+/m0/s1. The third kappa shape index (κ3) is 4.78. The van der Waals surface area contributed by atoms with Crippen molar-refractivity contribution in [2.45, 2.75) is 19.1 Å². The van der Waals surface area contributed by atoms with Crippen molar-refractivity contribution in [1.29, 1.82) is 0 Å². The molecule has 4 nitrogen and oxygen atoms in total. The highest BCUT2D eigenvalue weighted by atomic mass is 35.5. The van der Waals surface area contributed by atoms with Gasteiger partial charge in [0.25, 0.3) is 5.91 Å². The van der Waals surface area contributed by atoms with Gasteiger partial charge in [0.05, 0.1) is 16.8 Å². The molecule has 32 heavy (non-hydrogen) atoms. The summed E-state index contributed by atoms with van der Waals surface area (Å²) < 4.78 is 5.61. The molecule has 1 fully saturated rings. The normalized spacial score (nSPS) is 17.3. The molecule has 1 amide bonds. The molecule has 4 rings (SSSR count). The minimum Gasteiger partial charge on any atom is -0.367 e. The summed E-state index contributed by atoms with van der Waals surface area (Å²) in [6.07, 6.45) is -0.628. The molecule has 1 aliphatic rings. The Morgan fingerprint density at radius 2 is 1.72 bits per heavy atom. The maximum absolute atomic E-state index is 13.5. The van der Waals surface area contributed by atoms with Crippen LogP contribution in [0.5, 0.6) is 0 Å². The second-order valence-electron chi connectivity index (χ2n) is 8.03. The van der Waals surface area contributed by atoms with Gasteiger partial charge in [0.15, 0.2) is 6.10 Å². The molecule has 0 N–H and O–H groups in total. The van der Waals surface area contributed by atoms with Crippen LogP contribution in [0.2, 0.25) is 10.0 Å². The van der Waals surface area contributed by atoms with E-state index >= 15 is 0 Å². The molecule has 0 unspecified atom stereocenters. The number of methoxy groups -OCH3 is 1. The lowest BCUT2D eigenvalue weighted by Gasteiger charge is -2.44. The van der Waals surface area contributed by atoms with Crippen molar-refractivity contribution in [3.05, 3.63) is 99.5 Å². The maximum Gasteiger partial charge on any atom is 0.256 e. The largest absolute Gasteiger partial charge is 0.367 e. The van der Waals surface area contributed by atoms with Crippen LogP contribution in [0.3, 0.4) is 0 Å². The Bertz CT molecular complexity index is 1070. The van der Waals surface area contributed by atoms with Crippen molar-refractivity contribution in [3.63, 3.8) is 0 Å². The van der Waals surface area contributed by atoms with Crippen molar-refractivity contribution >= 4 is 34.8 Å². The summed E-state index contributed by atoms with van der Waals surface area (Å²) in [4.78, 5) is 17.6. The maximum atomic E-state index is 13.5. The molecule has 0 aromatic heterocycles. The van der Waals surface area contributed by atoms with Crippen LogP contribution >= 0.6 is 23.2 Å². The van der Waals surface area contributed by atoms with E-state index in [2.05, 4.69) is 17.0 Å². The minimum atomic E-state index is -0.628. The van der Waals surface area contributed by atoms with Gasteiger partial charge >= 0.3 is 0 Å². The van der Waals surface area contributed by atoms with Crippen molar-refractivity contribution in [3.8, 4) is 0 Å². The van der Waals surface area contributed by atoms with Crippen LogP contribution in [-0.4, -0.2) is 37.6 Å². The number of amides is 1. The molecule has 1 saturated heterocycles. The van der Waals surface area contributed by atoms with E-state index in [1.165, 1.54) is 0 Å². The Balaban J connectivity index is 1.65. The highest BCUT2D eigenvalue weighted by Gasteiger charge is 2.35.